The van der Waals surface area contributed by atoms with Crippen LogP contribution in [-0.2, 0) is 14.4 Å². The van der Waals surface area contributed by atoms with Crippen molar-refractivity contribution in [3.8, 4) is 11.5 Å². The number of rotatable bonds is 5. The summed E-state index contributed by atoms with van der Waals surface area (Å²) in [6.07, 6.45) is -1.07. The Morgan fingerprint density at radius 1 is 0.853 bits per heavy atom. The van der Waals surface area contributed by atoms with Crippen LogP contribution in [0.25, 0.3) is 0 Å². The molecule has 2 aliphatic heterocycles. The molecule has 9 heteroatoms. The van der Waals surface area contributed by atoms with Gasteiger partial charge >= 0.3 is 0 Å². The number of hydrogen-bond acceptors (Lipinski definition) is 6. The Kier molecular flexibility index (Phi) is 5.63. The zero-order valence-corrected chi connectivity index (χ0v) is 19.0. The molecule has 2 fully saturated rings. The van der Waals surface area contributed by atoms with Gasteiger partial charge in [0.05, 0.1) is 36.7 Å². The van der Waals surface area contributed by atoms with Gasteiger partial charge < -0.3 is 9.47 Å². The van der Waals surface area contributed by atoms with Crippen molar-refractivity contribution >= 4 is 34.8 Å². The van der Waals surface area contributed by atoms with Gasteiger partial charge in [-0.05, 0) is 60.2 Å². The molecule has 0 aromatic heterocycles. The third-order valence-electron chi connectivity index (χ3n) is 6.06. The molecule has 0 aliphatic carbocycles. The van der Waals surface area contributed by atoms with Crippen LogP contribution in [0.1, 0.15) is 11.6 Å². The molecule has 0 bridgehead atoms. The van der Waals surface area contributed by atoms with Gasteiger partial charge in [0, 0.05) is 0 Å². The first kappa shape index (κ1) is 22.2. The number of anilines is 2. The van der Waals surface area contributed by atoms with E-state index in [0.717, 1.165) is 16.5 Å². The number of hydroxylamine groups is 1. The lowest BCUT2D eigenvalue weighted by atomic mass is 9.90. The molecule has 0 spiro atoms. The van der Waals surface area contributed by atoms with E-state index in [9.17, 15) is 14.0 Å². The quantitative estimate of drug-likeness (QED) is 0.497. The van der Waals surface area contributed by atoms with Crippen LogP contribution in [0, 0.1) is 11.7 Å². The second-order valence-corrected chi connectivity index (χ2v) is 8.31. The molecule has 34 heavy (non-hydrogen) atoms. The van der Waals surface area contributed by atoms with Crippen LogP contribution in [0.5, 0.6) is 11.5 Å². The van der Waals surface area contributed by atoms with E-state index in [2.05, 4.69) is 0 Å². The molecule has 2 heterocycles. The first-order valence-corrected chi connectivity index (χ1v) is 10.9. The summed E-state index contributed by atoms with van der Waals surface area (Å²) in [5.74, 6) is -1.29. The molecule has 3 atom stereocenters. The summed E-state index contributed by atoms with van der Waals surface area (Å²) in [4.78, 5) is 33.9. The smallest absolute Gasteiger partial charge is 0.266 e. The standard InChI is InChI=1S/C25H20ClFN2O5/c1-32-17-8-3-14(4-9-17)22-21-23(34-29(22)15-5-10-18(33-2)11-6-15)25(31)28(24(21)30)16-7-12-19(26)20(27)13-16/h3-13,21-23H,1-2H3. The van der Waals surface area contributed by atoms with E-state index in [4.69, 9.17) is 25.9 Å². The summed E-state index contributed by atoms with van der Waals surface area (Å²) in [5.41, 5.74) is 1.52. The summed E-state index contributed by atoms with van der Waals surface area (Å²) < 4.78 is 24.6. The van der Waals surface area contributed by atoms with Crippen molar-refractivity contribution < 1.29 is 28.3 Å². The Morgan fingerprint density at radius 2 is 1.44 bits per heavy atom. The van der Waals surface area contributed by atoms with Crippen molar-refractivity contribution in [2.75, 3.05) is 24.2 Å². The number of ether oxygens (including phenoxy) is 2. The molecular weight excluding hydrogens is 463 g/mol. The molecule has 0 N–H and O–H groups in total. The van der Waals surface area contributed by atoms with Gasteiger partial charge in [0.15, 0.2) is 6.10 Å². The largest absolute Gasteiger partial charge is 0.497 e. The first-order chi connectivity index (χ1) is 16.4. The molecule has 2 aliphatic rings. The lowest BCUT2D eigenvalue weighted by molar-refractivity contribution is -0.126. The van der Waals surface area contributed by atoms with Crippen LogP contribution in [0.4, 0.5) is 15.8 Å². The summed E-state index contributed by atoms with van der Waals surface area (Å²) in [5, 5.41) is 1.48. The highest BCUT2D eigenvalue weighted by atomic mass is 35.5. The van der Waals surface area contributed by atoms with Gasteiger partial charge in [-0.15, -0.1) is 0 Å². The minimum Gasteiger partial charge on any atom is -0.497 e. The molecule has 5 rings (SSSR count). The van der Waals surface area contributed by atoms with E-state index in [1.54, 1.807) is 55.7 Å². The molecule has 0 radical (unpaired) electrons. The normalized spacial score (nSPS) is 21.7. The fraction of sp³-hybridized carbons (Fsp3) is 0.200. The van der Waals surface area contributed by atoms with E-state index >= 15 is 0 Å². The number of fused-ring (bicyclic) bond motifs is 1. The third-order valence-corrected chi connectivity index (χ3v) is 6.37. The fourth-order valence-electron chi connectivity index (χ4n) is 4.39. The minimum absolute atomic E-state index is 0.0962. The van der Waals surface area contributed by atoms with Crippen molar-refractivity contribution in [2.24, 2.45) is 5.92 Å². The van der Waals surface area contributed by atoms with E-state index in [0.29, 0.717) is 17.2 Å². The molecule has 3 unspecified atom stereocenters. The average molecular weight is 483 g/mol. The van der Waals surface area contributed by atoms with E-state index in [1.165, 1.54) is 12.1 Å². The van der Waals surface area contributed by atoms with Crippen molar-refractivity contribution in [2.45, 2.75) is 12.1 Å². The highest BCUT2D eigenvalue weighted by molar-refractivity contribution is 6.31. The number of methoxy groups -OCH3 is 2. The Hall–Kier alpha value is -3.62. The summed E-state index contributed by atoms with van der Waals surface area (Å²) >= 11 is 5.78. The van der Waals surface area contributed by atoms with Gasteiger partial charge in [0.25, 0.3) is 5.91 Å². The number of carbonyl (C=O) groups is 2. The number of nitrogens with zero attached hydrogens (tertiary/aromatic N) is 2. The molecule has 7 nitrogen and oxygen atoms in total. The monoisotopic (exact) mass is 482 g/mol. The van der Waals surface area contributed by atoms with Crippen molar-refractivity contribution in [1.29, 1.82) is 0 Å². The highest BCUT2D eigenvalue weighted by Crippen LogP contribution is 2.48. The van der Waals surface area contributed by atoms with Crippen LogP contribution in [0.3, 0.4) is 0 Å². The number of carbonyl (C=O) groups excluding carboxylic acids is 2. The van der Waals surface area contributed by atoms with Crippen molar-refractivity contribution in [3.63, 3.8) is 0 Å². The van der Waals surface area contributed by atoms with Crippen LogP contribution in [0.2, 0.25) is 5.02 Å². The number of halogens is 2. The van der Waals surface area contributed by atoms with Gasteiger partial charge in [-0.3, -0.25) is 14.4 Å². The van der Waals surface area contributed by atoms with Crippen molar-refractivity contribution in [1.82, 2.24) is 0 Å². The van der Waals surface area contributed by atoms with Gasteiger partial charge in [0.2, 0.25) is 5.91 Å². The molecule has 2 saturated heterocycles. The van der Waals surface area contributed by atoms with Crippen LogP contribution < -0.4 is 19.4 Å². The van der Waals surface area contributed by atoms with Crippen LogP contribution in [-0.4, -0.2) is 32.1 Å². The third kappa shape index (κ3) is 3.55. The van der Waals surface area contributed by atoms with E-state index in [-0.39, 0.29) is 10.7 Å². The lowest BCUT2D eigenvalue weighted by Crippen LogP contribution is -2.37. The van der Waals surface area contributed by atoms with Crippen LogP contribution >= 0.6 is 11.6 Å². The Morgan fingerprint density at radius 3 is 2.03 bits per heavy atom. The summed E-state index contributed by atoms with van der Waals surface area (Å²) in [6, 6.07) is 17.5. The number of hydrogen-bond donors (Lipinski definition) is 0. The molecular formula is C25H20ClFN2O5. The maximum absolute atomic E-state index is 14.1. The second-order valence-electron chi connectivity index (χ2n) is 7.90. The summed E-state index contributed by atoms with van der Waals surface area (Å²) in [7, 11) is 3.13. The molecule has 0 saturated carbocycles. The SMILES string of the molecule is COc1ccc(C2C3C(=O)N(c4ccc(Cl)c(F)c4)C(=O)C3ON2c2ccc(OC)cc2)cc1. The second kappa shape index (κ2) is 8.62. The predicted octanol–water partition coefficient (Wildman–Crippen LogP) is 4.55. The van der Waals surface area contributed by atoms with E-state index < -0.39 is 35.7 Å². The minimum atomic E-state index is -1.07. The molecule has 3 aromatic rings. The molecule has 2 amide bonds. The number of imide groups is 1. The zero-order valence-electron chi connectivity index (χ0n) is 18.3. The summed E-state index contributed by atoms with van der Waals surface area (Å²) in [6.45, 7) is 0. The van der Waals surface area contributed by atoms with Crippen molar-refractivity contribution in [3.05, 3.63) is 83.1 Å². The molecule has 174 valence electrons. The topological polar surface area (TPSA) is 68.3 Å². The zero-order chi connectivity index (χ0) is 24.0. The first-order valence-electron chi connectivity index (χ1n) is 10.5. The number of amides is 2. The highest BCUT2D eigenvalue weighted by Gasteiger charge is 2.60. The Balaban J connectivity index is 1.56. The van der Waals surface area contributed by atoms with Gasteiger partial charge in [-0.1, -0.05) is 23.7 Å². The van der Waals surface area contributed by atoms with E-state index in [1.807, 2.05) is 12.1 Å². The van der Waals surface area contributed by atoms with Gasteiger partial charge in [0.1, 0.15) is 23.2 Å². The predicted molar refractivity (Wildman–Crippen MR) is 123 cm³/mol. The average Bonchev–Trinajstić information content (AvgIpc) is 3.37. The number of benzene rings is 3. The van der Waals surface area contributed by atoms with Gasteiger partial charge in [-0.25, -0.2) is 14.4 Å². The Labute approximate surface area is 200 Å². The van der Waals surface area contributed by atoms with Gasteiger partial charge in [-0.2, -0.15) is 0 Å². The maximum atomic E-state index is 14.1. The Bertz CT molecular complexity index is 1250. The fourth-order valence-corrected chi connectivity index (χ4v) is 4.50. The molecule has 3 aromatic carbocycles. The maximum Gasteiger partial charge on any atom is 0.266 e. The lowest BCUT2D eigenvalue weighted by Gasteiger charge is -2.29. The van der Waals surface area contributed by atoms with Crippen LogP contribution in [0.15, 0.2) is 66.7 Å².